The van der Waals surface area contributed by atoms with Gasteiger partial charge in [-0.1, -0.05) is 60.7 Å². The minimum atomic E-state index is -0.428. The summed E-state index contributed by atoms with van der Waals surface area (Å²) in [6, 6.07) is 17.3. The van der Waals surface area contributed by atoms with E-state index in [2.05, 4.69) is 17.9 Å². The Morgan fingerprint density at radius 2 is 1.81 bits per heavy atom. The van der Waals surface area contributed by atoms with Gasteiger partial charge < -0.3 is 10.1 Å². The Kier molecular flexibility index (Phi) is 5.91. The molecule has 2 rings (SSSR count). The van der Waals surface area contributed by atoms with E-state index in [9.17, 15) is 4.79 Å². The summed E-state index contributed by atoms with van der Waals surface area (Å²) < 4.78 is 5.11. The van der Waals surface area contributed by atoms with Crippen LogP contribution in [0.25, 0.3) is 6.08 Å². The fraction of sp³-hybridized carbons (Fsp3) is 0.118. The summed E-state index contributed by atoms with van der Waals surface area (Å²) in [5, 5.41) is 2.67. The number of amides is 1. The van der Waals surface area contributed by atoms with Crippen molar-refractivity contribution in [1.29, 1.82) is 0 Å². The fourth-order valence-electron chi connectivity index (χ4n) is 1.73. The second-order valence-electron chi connectivity index (χ2n) is 4.40. The Morgan fingerprint density at radius 1 is 1.10 bits per heavy atom. The molecule has 4 heteroatoms. The first-order valence-electron chi connectivity index (χ1n) is 6.65. The molecular weight excluding hydrogens is 282 g/mol. The quantitative estimate of drug-likeness (QED) is 0.821. The van der Waals surface area contributed by atoms with Gasteiger partial charge in [-0.2, -0.15) is 0 Å². The smallest absolute Gasteiger partial charge is 0.407 e. The SMILES string of the molecule is O=C(NCC=Cc1ccccc1S)OCc1ccccc1. The highest BCUT2D eigenvalue weighted by atomic mass is 32.1. The number of carbonyl (C=O) groups is 1. The predicted molar refractivity (Wildman–Crippen MR) is 87.4 cm³/mol. The third-order valence-corrected chi connectivity index (χ3v) is 3.22. The van der Waals surface area contributed by atoms with Crippen LogP contribution in [0.15, 0.2) is 65.6 Å². The monoisotopic (exact) mass is 299 g/mol. The van der Waals surface area contributed by atoms with Crippen molar-refractivity contribution in [2.75, 3.05) is 6.54 Å². The highest BCUT2D eigenvalue weighted by molar-refractivity contribution is 7.80. The van der Waals surface area contributed by atoms with Gasteiger partial charge in [-0.15, -0.1) is 12.6 Å². The zero-order valence-electron chi connectivity index (χ0n) is 11.5. The lowest BCUT2D eigenvalue weighted by Gasteiger charge is -2.05. The summed E-state index contributed by atoms with van der Waals surface area (Å²) in [7, 11) is 0. The van der Waals surface area contributed by atoms with Gasteiger partial charge in [0.1, 0.15) is 6.61 Å². The van der Waals surface area contributed by atoms with Gasteiger partial charge in [-0.05, 0) is 17.2 Å². The molecule has 1 N–H and O–H groups in total. The Bertz CT molecular complexity index is 611. The van der Waals surface area contributed by atoms with Gasteiger partial charge >= 0.3 is 6.09 Å². The molecule has 0 aromatic heterocycles. The molecule has 0 saturated heterocycles. The molecule has 0 bridgehead atoms. The van der Waals surface area contributed by atoms with Crippen molar-refractivity contribution in [3.63, 3.8) is 0 Å². The van der Waals surface area contributed by atoms with Crippen LogP contribution in [0.2, 0.25) is 0 Å². The van der Waals surface area contributed by atoms with Gasteiger partial charge in [0.05, 0.1) is 0 Å². The second-order valence-corrected chi connectivity index (χ2v) is 4.89. The largest absolute Gasteiger partial charge is 0.445 e. The van der Waals surface area contributed by atoms with E-state index in [4.69, 9.17) is 4.74 Å². The summed E-state index contributed by atoms with van der Waals surface area (Å²) in [6.45, 7) is 0.686. The number of nitrogens with one attached hydrogen (secondary N) is 1. The number of rotatable bonds is 5. The van der Waals surface area contributed by atoms with Crippen LogP contribution in [-0.2, 0) is 11.3 Å². The first kappa shape index (κ1) is 15.2. The molecule has 0 heterocycles. The molecule has 0 aliphatic carbocycles. The molecule has 0 saturated carbocycles. The lowest BCUT2D eigenvalue weighted by Crippen LogP contribution is -2.24. The van der Waals surface area contributed by atoms with Crippen LogP contribution in [0.4, 0.5) is 4.79 Å². The van der Waals surface area contributed by atoms with E-state index >= 15 is 0 Å². The number of carbonyl (C=O) groups excluding carboxylic acids is 1. The molecule has 0 aliphatic rings. The molecule has 0 radical (unpaired) electrons. The van der Waals surface area contributed by atoms with Crippen molar-refractivity contribution in [1.82, 2.24) is 5.32 Å². The molecule has 3 nitrogen and oxygen atoms in total. The lowest BCUT2D eigenvalue weighted by atomic mass is 10.2. The van der Waals surface area contributed by atoms with E-state index < -0.39 is 6.09 Å². The molecule has 0 atom stereocenters. The minimum absolute atomic E-state index is 0.274. The van der Waals surface area contributed by atoms with Gasteiger partial charge in [0, 0.05) is 11.4 Å². The minimum Gasteiger partial charge on any atom is -0.445 e. The van der Waals surface area contributed by atoms with Gasteiger partial charge in [-0.3, -0.25) is 0 Å². The Morgan fingerprint density at radius 3 is 2.57 bits per heavy atom. The average molecular weight is 299 g/mol. The van der Waals surface area contributed by atoms with Gasteiger partial charge in [-0.25, -0.2) is 4.79 Å². The number of hydrogen-bond donors (Lipinski definition) is 2. The van der Waals surface area contributed by atoms with E-state index in [-0.39, 0.29) is 6.61 Å². The maximum Gasteiger partial charge on any atom is 0.407 e. The van der Waals surface area contributed by atoms with E-state index in [0.717, 1.165) is 16.0 Å². The molecule has 1 amide bonds. The second kappa shape index (κ2) is 8.17. The number of alkyl carbamates (subject to hydrolysis) is 1. The highest BCUT2D eigenvalue weighted by Crippen LogP contribution is 2.13. The summed E-state index contributed by atoms with van der Waals surface area (Å²) in [4.78, 5) is 12.4. The van der Waals surface area contributed by atoms with Crippen molar-refractivity contribution in [3.05, 3.63) is 71.8 Å². The maximum absolute atomic E-state index is 11.5. The molecule has 0 fully saturated rings. The molecule has 21 heavy (non-hydrogen) atoms. The molecule has 2 aromatic carbocycles. The molecule has 2 aromatic rings. The van der Waals surface area contributed by atoms with Crippen LogP contribution >= 0.6 is 12.6 Å². The van der Waals surface area contributed by atoms with E-state index in [1.807, 2.05) is 66.7 Å². The first-order valence-corrected chi connectivity index (χ1v) is 7.09. The summed E-state index contributed by atoms with van der Waals surface area (Å²) in [5.74, 6) is 0. The van der Waals surface area contributed by atoms with Crippen molar-refractivity contribution >= 4 is 24.8 Å². The van der Waals surface area contributed by atoms with Crippen LogP contribution in [0.5, 0.6) is 0 Å². The van der Waals surface area contributed by atoms with Crippen molar-refractivity contribution in [2.24, 2.45) is 0 Å². The zero-order chi connectivity index (χ0) is 14.9. The molecule has 108 valence electrons. The molecule has 0 aliphatic heterocycles. The Balaban J connectivity index is 1.71. The van der Waals surface area contributed by atoms with E-state index in [1.165, 1.54) is 0 Å². The highest BCUT2D eigenvalue weighted by Gasteiger charge is 2.00. The fourth-order valence-corrected chi connectivity index (χ4v) is 1.97. The summed E-state index contributed by atoms with van der Waals surface area (Å²) in [6.07, 6.45) is 3.35. The molecular formula is C17H17NO2S. The first-order chi connectivity index (χ1) is 10.3. The maximum atomic E-state index is 11.5. The van der Waals surface area contributed by atoms with Crippen LogP contribution in [0, 0.1) is 0 Å². The third kappa shape index (κ3) is 5.36. The summed E-state index contributed by atoms with van der Waals surface area (Å²) in [5.41, 5.74) is 1.98. The van der Waals surface area contributed by atoms with Crippen molar-refractivity contribution < 1.29 is 9.53 Å². The van der Waals surface area contributed by atoms with Gasteiger partial charge in [0.2, 0.25) is 0 Å². The number of benzene rings is 2. The summed E-state index contributed by atoms with van der Waals surface area (Å²) >= 11 is 4.35. The van der Waals surface area contributed by atoms with Crippen LogP contribution in [0.3, 0.4) is 0 Å². The average Bonchev–Trinajstić information content (AvgIpc) is 2.52. The Labute approximate surface area is 130 Å². The van der Waals surface area contributed by atoms with Gasteiger partial charge in [0.25, 0.3) is 0 Å². The predicted octanol–water partition coefficient (Wildman–Crippen LogP) is 3.91. The normalized spacial score (nSPS) is 10.5. The molecule has 0 spiro atoms. The van der Waals surface area contributed by atoms with E-state index in [1.54, 1.807) is 0 Å². The lowest BCUT2D eigenvalue weighted by molar-refractivity contribution is 0.141. The standard InChI is InChI=1S/C17H17NO2S/c19-17(20-13-14-7-2-1-3-8-14)18-12-6-10-15-9-4-5-11-16(15)21/h1-11,21H,12-13H2,(H,18,19). The van der Waals surface area contributed by atoms with Gasteiger partial charge in [0.15, 0.2) is 0 Å². The van der Waals surface area contributed by atoms with E-state index in [0.29, 0.717) is 6.54 Å². The van der Waals surface area contributed by atoms with Crippen molar-refractivity contribution in [2.45, 2.75) is 11.5 Å². The zero-order valence-corrected chi connectivity index (χ0v) is 12.4. The van der Waals surface area contributed by atoms with Crippen LogP contribution < -0.4 is 5.32 Å². The third-order valence-electron chi connectivity index (χ3n) is 2.81. The van der Waals surface area contributed by atoms with Crippen LogP contribution in [-0.4, -0.2) is 12.6 Å². The number of ether oxygens (including phenoxy) is 1. The number of hydrogen-bond acceptors (Lipinski definition) is 3. The van der Waals surface area contributed by atoms with Crippen molar-refractivity contribution in [3.8, 4) is 0 Å². The Hall–Kier alpha value is -2.20. The van der Waals surface area contributed by atoms with Crippen LogP contribution in [0.1, 0.15) is 11.1 Å². The topological polar surface area (TPSA) is 38.3 Å². The molecule has 0 unspecified atom stereocenters. The number of thiol groups is 1.